The summed E-state index contributed by atoms with van der Waals surface area (Å²) < 4.78 is 0. The molecule has 1 aromatic rings. The molecule has 0 radical (unpaired) electrons. The van der Waals surface area contributed by atoms with Crippen molar-refractivity contribution in [3.8, 4) is 0 Å². The molecule has 0 bridgehead atoms. The second-order valence-electron chi connectivity index (χ2n) is 5.52. The third-order valence-corrected chi connectivity index (χ3v) is 4.60. The molecule has 1 aromatic carbocycles. The van der Waals surface area contributed by atoms with E-state index in [1.54, 1.807) is 0 Å². The maximum Gasteiger partial charge on any atom is 0.0467 e. The highest BCUT2D eigenvalue weighted by molar-refractivity contribution is 9.08. The summed E-state index contributed by atoms with van der Waals surface area (Å²) in [7, 11) is 0. The standard InChI is InChI=1S/C14H19BrClN/c1-14(2)6-8-17(9-7-14)13-5-3-4-12(16)11(13)10-15/h3-5H,6-10H2,1-2H3. The van der Waals surface area contributed by atoms with Crippen LogP contribution in [0.2, 0.25) is 5.02 Å². The van der Waals surface area contributed by atoms with Gasteiger partial charge in [0, 0.05) is 34.7 Å². The van der Waals surface area contributed by atoms with Crippen molar-refractivity contribution in [1.82, 2.24) is 0 Å². The molecule has 1 aliphatic rings. The minimum Gasteiger partial charge on any atom is -0.371 e. The molecule has 1 aliphatic heterocycles. The van der Waals surface area contributed by atoms with Crippen LogP contribution in [0, 0.1) is 5.41 Å². The maximum absolute atomic E-state index is 6.25. The number of halogens is 2. The number of piperidine rings is 1. The molecule has 1 heterocycles. The van der Waals surface area contributed by atoms with Crippen LogP contribution < -0.4 is 4.90 Å². The Labute approximate surface area is 117 Å². The molecule has 0 spiro atoms. The van der Waals surface area contributed by atoms with Crippen molar-refractivity contribution in [3.05, 3.63) is 28.8 Å². The number of anilines is 1. The Morgan fingerprint density at radius 3 is 2.53 bits per heavy atom. The summed E-state index contributed by atoms with van der Waals surface area (Å²) in [5.41, 5.74) is 3.00. The monoisotopic (exact) mass is 315 g/mol. The smallest absolute Gasteiger partial charge is 0.0467 e. The average Bonchev–Trinajstić information content (AvgIpc) is 2.29. The molecule has 0 N–H and O–H groups in total. The lowest BCUT2D eigenvalue weighted by molar-refractivity contribution is 0.279. The summed E-state index contributed by atoms with van der Waals surface area (Å²) in [6, 6.07) is 6.19. The second kappa shape index (κ2) is 5.19. The molecular weight excluding hydrogens is 298 g/mol. The fourth-order valence-electron chi connectivity index (χ4n) is 2.33. The van der Waals surface area contributed by atoms with Crippen LogP contribution in [0.15, 0.2) is 18.2 Å². The quantitative estimate of drug-likeness (QED) is 0.704. The SMILES string of the molecule is CC1(C)CCN(c2cccc(Cl)c2CBr)CC1. The number of alkyl halides is 1. The lowest BCUT2D eigenvalue weighted by atomic mass is 9.82. The van der Waals surface area contributed by atoms with E-state index in [4.69, 9.17) is 11.6 Å². The van der Waals surface area contributed by atoms with E-state index in [2.05, 4.69) is 40.7 Å². The molecule has 0 atom stereocenters. The van der Waals surface area contributed by atoms with Gasteiger partial charge in [-0.25, -0.2) is 0 Å². The Bertz CT molecular complexity index is 393. The Balaban J connectivity index is 2.21. The summed E-state index contributed by atoms with van der Waals surface area (Å²) in [4.78, 5) is 2.47. The van der Waals surface area contributed by atoms with Gasteiger partial charge in [-0.3, -0.25) is 0 Å². The van der Waals surface area contributed by atoms with Gasteiger partial charge in [0.1, 0.15) is 0 Å². The zero-order chi connectivity index (χ0) is 12.5. The minimum absolute atomic E-state index is 0.490. The Kier molecular flexibility index (Phi) is 4.04. The van der Waals surface area contributed by atoms with Crippen LogP contribution in [0.4, 0.5) is 5.69 Å². The molecule has 2 rings (SSSR count). The van der Waals surface area contributed by atoms with Gasteiger partial charge in [-0.15, -0.1) is 0 Å². The van der Waals surface area contributed by atoms with Crippen molar-refractivity contribution < 1.29 is 0 Å². The number of rotatable bonds is 2. The highest BCUT2D eigenvalue weighted by Gasteiger charge is 2.26. The topological polar surface area (TPSA) is 3.24 Å². The fraction of sp³-hybridized carbons (Fsp3) is 0.571. The molecule has 1 nitrogen and oxygen atoms in total. The van der Waals surface area contributed by atoms with Crippen LogP contribution in [-0.2, 0) is 5.33 Å². The lowest BCUT2D eigenvalue weighted by Gasteiger charge is -2.39. The minimum atomic E-state index is 0.490. The molecular formula is C14H19BrClN. The second-order valence-corrected chi connectivity index (χ2v) is 6.49. The summed E-state index contributed by atoms with van der Waals surface area (Å²) in [5, 5.41) is 1.69. The maximum atomic E-state index is 6.25. The van der Waals surface area contributed by atoms with Gasteiger partial charge in [0.25, 0.3) is 0 Å². The van der Waals surface area contributed by atoms with Crippen LogP contribution in [0.25, 0.3) is 0 Å². The third-order valence-electron chi connectivity index (χ3n) is 3.69. The Morgan fingerprint density at radius 2 is 1.94 bits per heavy atom. The Morgan fingerprint density at radius 1 is 1.29 bits per heavy atom. The van der Waals surface area contributed by atoms with Crippen molar-refractivity contribution in [3.63, 3.8) is 0 Å². The molecule has 1 saturated heterocycles. The van der Waals surface area contributed by atoms with Gasteiger partial charge in [0.05, 0.1) is 0 Å². The molecule has 1 fully saturated rings. The van der Waals surface area contributed by atoms with Crippen molar-refractivity contribution in [2.24, 2.45) is 5.41 Å². The first-order chi connectivity index (χ1) is 8.03. The molecule has 0 amide bonds. The van der Waals surface area contributed by atoms with Crippen molar-refractivity contribution in [2.75, 3.05) is 18.0 Å². The first-order valence-corrected chi connectivity index (χ1v) is 7.62. The normalized spacial score (nSPS) is 19.4. The first kappa shape index (κ1) is 13.2. The van der Waals surface area contributed by atoms with Crippen LogP contribution in [0.3, 0.4) is 0 Å². The zero-order valence-corrected chi connectivity index (χ0v) is 12.8. The highest BCUT2D eigenvalue weighted by atomic mass is 79.9. The highest BCUT2D eigenvalue weighted by Crippen LogP contribution is 2.35. The molecule has 0 unspecified atom stereocenters. The Hall–Kier alpha value is -0.210. The predicted molar refractivity (Wildman–Crippen MR) is 79.3 cm³/mol. The van der Waals surface area contributed by atoms with Gasteiger partial charge >= 0.3 is 0 Å². The fourth-order valence-corrected chi connectivity index (χ4v) is 3.32. The summed E-state index contributed by atoms with van der Waals surface area (Å²) in [5.74, 6) is 0. The average molecular weight is 317 g/mol. The molecule has 94 valence electrons. The van der Waals surface area contributed by atoms with Crippen LogP contribution in [-0.4, -0.2) is 13.1 Å². The van der Waals surface area contributed by atoms with Gasteiger partial charge in [-0.2, -0.15) is 0 Å². The molecule has 0 aliphatic carbocycles. The lowest BCUT2D eigenvalue weighted by Crippen LogP contribution is -2.37. The third kappa shape index (κ3) is 2.97. The van der Waals surface area contributed by atoms with Crippen LogP contribution >= 0.6 is 27.5 Å². The van der Waals surface area contributed by atoms with Crippen molar-refractivity contribution in [2.45, 2.75) is 32.0 Å². The van der Waals surface area contributed by atoms with E-state index in [0.29, 0.717) is 5.41 Å². The number of hydrogen-bond donors (Lipinski definition) is 0. The van der Waals surface area contributed by atoms with E-state index in [1.165, 1.54) is 24.1 Å². The van der Waals surface area contributed by atoms with Crippen LogP contribution in [0.1, 0.15) is 32.3 Å². The zero-order valence-electron chi connectivity index (χ0n) is 10.5. The van der Waals surface area contributed by atoms with E-state index < -0.39 is 0 Å². The van der Waals surface area contributed by atoms with E-state index in [0.717, 1.165) is 23.4 Å². The molecule has 0 aromatic heterocycles. The molecule has 17 heavy (non-hydrogen) atoms. The summed E-state index contributed by atoms with van der Waals surface area (Å²) in [6.45, 7) is 6.97. The van der Waals surface area contributed by atoms with Gasteiger partial charge in [-0.05, 0) is 30.4 Å². The van der Waals surface area contributed by atoms with Gasteiger partial charge in [-0.1, -0.05) is 47.4 Å². The predicted octanol–water partition coefficient (Wildman–Crippen LogP) is 4.86. The van der Waals surface area contributed by atoms with E-state index in [1.807, 2.05) is 12.1 Å². The summed E-state index contributed by atoms with van der Waals surface area (Å²) >= 11 is 9.79. The van der Waals surface area contributed by atoms with E-state index in [9.17, 15) is 0 Å². The van der Waals surface area contributed by atoms with Crippen molar-refractivity contribution in [1.29, 1.82) is 0 Å². The van der Waals surface area contributed by atoms with E-state index in [-0.39, 0.29) is 0 Å². The summed E-state index contributed by atoms with van der Waals surface area (Å²) in [6.07, 6.45) is 2.50. The van der Waals surface area contributed by atoms with E-state index >= 15 is 0 Å². The number of hydrogen-bond acceptors (Lipinski definition) is 1. The largest absolute Gasteiger partial charge is 0.371 e. The van der Waals surface area contributed by atoms with Gasteiger partial charge in [0.15, 0.2) is 0 Å². The number of nitrogens with zero attached hydrogens (tertiary/aromatic N) is 1. The van der Waals surface area contributed by atoms with Gasteiger partial charge in [0.2, 0.25) is 0 Å². The molecule has 0 saturated carbocycles. The first-order valence-electron chi connectivity index (χ1n) is 6.12. The number of benzene rings is 1. The van der Waals surface area contributed by atoms with Crippen LogP contribution in [0.5, 0.6) is 0 Å². The molecule has 3 heteroatoms. The van der Waals surface area contributed by atoms with Crippen molar-refractivity contribution >= 4 is 33.2 Å². The van der Waals surface area contributed by atoms with Gasteiger partial charge < -0.3 is 4.90 Å².